The minimum Gasteiger partial charge on any atom is -0.378 e. The highest BCUT2D eigenvalue weighted by Gasteiger charge is 2.25. The maximum Gasteiger partial charge on any atom is 0.216 e. The molecule has 0 saturated heterocycles. The Morgan fingerprint density at radius 2 is 2.23 bits per heavy atom. The van der Waals surface area contributed by atoms with E-state index in [1.807, 2.05) is 27.0 Å². The second-order valence-electron chi connectivity index (χ2n) is 6.37. The van der Waals surface area contributed by atoms with Gasteiger partial charge in [0.25, 0.3) is 0 Å². The van der Waals surface area contributed by atoms with Crippen LogP contribution in [0.5, 0.6) is 0 Å². The van der Waals surface area contributed by atoms with E-state index in [0.717, 1.165) is 30.9 Å². The SMILES string of the molecule is Cc1cn2c(n1)CCC(CN(C)S(=O)(=O)CCOC(C)C)C2. The molecule has 0 saturated carbocycles. The number of hydrogen-bond acceptors (Lipinski definition) is 4. The van der Waals surface area contributed by atoms with E-state index >= 15 is 0 Å². The van der Waals surface area contributed by atoms with Crippen molar-refractivity contribution >= 4 is 10.0 Å². The summed E-state index contributed by atoms with van der Waals surface area (Å²) in [6.07, 6.45) is 4.01. The predicted molar refractivity (Wildman–Crippen MR) is 86.3 cm³/mol. The smallest absolute Gasteiger partial charge is 0.216 e. The van der Waals surface area contributed by atoms with Crippen LogP contribution >= 0.6 is 0 Å². The van der Waals surface area contributed by atoms with Gasteiger partial charge in [-0.15, -0.1) is 0 Å². The van der Waals surface area contributed by atoms with E-state index in [9.17, 15) is 8.42 Å². The summed E-state index contributed by atoms with van der Waals surface area (Å²) >= 11 is 0. The van der Waals surface area contributed by atoms with E-state index in [1.165, 1.54) is 4.31 Å². The van der Waals surface area contributed by atoms with Gasteiger partial charge in [0, 0.05) is 32.8 Å². The Labute approximate surface area is 133 Å². The molecule has 0 fully saturated rings. The first-order valence-corrected chi connectivity index (χ1v) is 9.47. The first-order chi connectivity index (χ1) is 10.3. The lowest BCUT2D eigenvalue weighted by Gasteiger charge is -2.27. The summed E-state index contributed by atoms with van der Waals surface area (Å²) in [4.78, 5) is 4.49. The van der Waals surface area contributed by atoms with Gasteiger partial charge in [-0.3, -0.25) is 0 Å². The quantitative estimate of drug-likeness (QED) is 0.759. The Morgan fingerprint density at radius 1 is 1.50 bits per heavy atom. The number of aromatic nitrogens is 2. The summed E-state index contributed by atoms with van der Waals surface area (Å²) in [5, 5.41) is 0. The Hall–Kier alpha value is -0.920. The van der Waals surface area contributed by atoms with Gasteiger partial charge in [-0.05, 0) is 33.1 Å². The summed E-state index contributed by atoms with van der Waals surface area (Å²) in [6, 6.07) is 0. The Bertz CT molecular complexity index is 595. The van der Waals surface area contributed by atoms with E-state index in [4.69, 9.17) is 4.74 Å². The molecule has 2 heterocycles. The molecule has 0 N–H and O–H groups in total. The second kappa shape index (κ2) is 7.10. The lowest BCUT2D eigenvalue weighted by molar-refractivity contribution is 0.0907. The zero-order chi connectivity index (χ0) is 16.3. The molecule has 1 aliphatic rings. The molecule has 1 unspecified atom stereocenters. The fraction of sp³-hybridized carbons (Fsp3) is 0.800. The summed E-state index contributed by atoms with van der Waals surface area (Å²) < 4.78 is 33.5. The van der Waals surface area contributed by atoms with E-state index in [0.29, 0.717) is 12.5 Å². The molecule has 0 spiro atoms. The van der Waals surface area contributed by atoms with E-state index in [1.54, 1.807) is 7.05 Å². The van der Waals surface area contributed by atoms with Crippen LogP contribution in [0.4, 0.5) is 0 Å². The van der Waals surface area contributed by atoms with Crippen LogP contribution in [0.1, 0.15) is 31.8 Å². The molecule has 2 rings (SSSR count). The topological polar surface area (TPSA) is 64.4 Å². The molecule has 0 bridgehead atoms. The first kappa shape index (κ1) is 17.4. The zero-order valence-electron chi connectivity index (χ0n) is 13.9. The molecule has 1 aromatic rings. The molecule has 1 aliphatic heterocycles. The van der Waals surface area contributed by atoms with Crippen LogP contribution in [0.15, 0.2) is 6.20 Å². The number of ether oxygens (including phenoxy) is 1. The van der Waals surface area contributed by atoms with Crippen molar-refractivity contribution < 1.29 is 13.2 Å². The predicted octanol–water partition coefficient (Wildman–Crippen LogP) is 1.44. The van der Waals surface area contributed by atoms with Crippen LogP contribution in [0.2, 0.25) is 0 Å². The summed E-state index contributed by atoms with van der Waals surface area (Å²) in [7, 11) is -1.58. The number of rotatable bonds is 7. The minimum absolute atomic E-state index is 0.0455. The molecular weight excluding hydrogens is 302 g/mol. The van der Waals surface area contributed by atoms with Gasteiger partial charge in [0.1, 0.15) is 5.82 Å². The number of imidazole rings is 1. The van der Waals surface area contributed by atoms with Crippen LogP contribution in [0.25, 0.3) is 0 Å². The van der Waals surface area contributed by atoms with Gasteiger partial charge in [0.15, 0.2) is 0 Å². The normalized spacial score (nSPS) is 18.9. The zero-order valence-corrected chi connectivity index (χ0v) is 14.8. The highest BCUT2D eigenvalue weighted by Crippen LogP contribution is 2.21. The van der Waals surface area contributed by atoms with Crippen molar-refractivity contribution in [2.45, 2.75) is 46.3 Å². The maximum atomic E-state index is 12.3. The van der Waals surface area contributed by atoms with Crippen LogP contribution in [-0.4, -0.2) is 54.3 Å². The Morgan fingerprint density at radius 3 is 2.91 bits per heavy atom. The second-order valence-corrected chi connectivity index (χ2v) is 8.57. The number of hydrogen-bond donors (Lipinski definition) is 0. The molecule has 1 aromatic heterocycles. The van der Waals surface area contributed by atoms with Crippen LogP contribution in [0, 0.1) is 12.8 Å². The maximum absolute atomic E-state index is 12.3. The number of nitrogens with zero attached hydrogens (tertiary/aromatic N) is 3. The van der Waals surface area contributed by atoms with E-state index < -0.39 is 10.0 Å². The standard InChI is InChI=1S/C15H27N3O3S/c1-12(2)21-7-8-22(19,20)17(4)10-14-5-6-15-16-13(3)9-18(15)11-14/h9,12,14H,5-8,10-11H2,1-4H3. The lowest BCUT2D eigenvalue weighted by atomic mass is 10.00. The van der Waals surface area contributed by atoms with Crippen molar-refractivity contribution in [1.82, 2.24) is 13.9 Å². The largest absolute Gasteiger partial charge is 0.378 e. The van der Waals surface area contributed by atoms with Gasteiger partial charge in [0.2, 0.25) is 10.0 Å². The van der Waals surface area contributed by atoms with Crippen molar-refractivity contribution in [3.63, 3.8) is 0 Å². The number of aryl methyl sites for hydroxylation is 2. The summed E-state index contributed by atoms with van der Waals surface area (Å²) in [6.45, 7) is 7.46. The molecule has 0 aromatic carbocycles. The van der Waals surface area contributed by atoms with Gasteiger partial charge in [0.05, 0.1) is 24.2 Å². The van der Waals surface area contributed by atoms with Crippen molar-refractivity contribution in [2.24, 2.45) is 5.92 Å². The van der Waals surface area contributed by atoms with Gasteiger partial charge in [-0.1, -0.05) is 0 Å². The van der Waals surface area contributed by atoms with Crippen LogP contribution in [0.3, 0.4) is 0 Å². The van der Waals surface area contributed by atoms with Crippen LogP contribution in [-0.2, 0) is 27.7 Å². The molecular formula is C15H27N3O3S. The van der Waals surface area contributed by atoms with Crippen molar-refractivity contribution in [3.8, 4) is 0 Å². The van der Waals surface area contributed by atoms with Gasteiger partial charge in [-0.2, -0.15) is 0 Å². The molecule has 0 aliphatic carbocycles. The van der Waals surface area contributed by atoms with Gasteiger partial charge < -0.3 is 9.30 Å². The van der Waals surface area contributed by atoms with Crippen LogP contribution < -0.4 is 0 Å². The number of sulfonamides is 1. The molecule has 1 atom stereocenters. The minimum atomic E-state index is -3.24. The molecule has 126 valence electrons. The van der Waals surface area contributed by atoms with Crippen molar-refractivity contribution in [3.05, 3.63) is 17.7 Å². The lowest BCUT2D eigenvalue weighted by Crippen LogP contribution is -2.37. The van der Waals surface area contributed by atoms with Gasteiger partial charge >= 0.3 is 0 Å². The molecule has 7 heteroatoms. The highest BCUT2D eigenvalue weighted by molar-refractivity contribution is 7.89. The molecule has 0 radical (unpaired) electrons. The first-order valence-electron chi connectivity index (χ1n) is 7.86. The monoisotopic (exact) mass is 329 g/mol. The van der Waals surface area contributed by atoms with Gasteiger partial charge in [-0.25, -0.2) is 17.7 Å². The van der Waals surface area contributed by atoms with Crippen molar-refractivity contribution in [2.75, 3.05) is 26.0 Å². The third kappa shape index (κ3) is 4.54. The average molecular weight is 329 g/mol. The molecule has 6 nitrogen and oxygen atoms in total. The third-order valence-electron chi connectivity index (χ3n) is 3.99. The average Bonchev–Trinajstić information content (AvgIpc) is 2.77. The fourth-order valence-corrected chi connectivity index (χ4v) is 3.88. The third-order valence-corrected chi connectivity index (χ3v) is 5.77. The Kier molecular flexibility index (Phi) is 5.63. The summed E-state index contributed by atoms with van der Waals surface area (Å²) in [5.41, 5.74) is 1.03. The Balaban J connectivity index is 1.88. The number of fused-ring (bicyclic) bond motifs is 1. The molecule has 0 amide bonds. The molecule has 22 heavy (non-hydrogen) atoms. The fourth-order valence-electron chi connectivity index (χ4n) is 2.83. The van der Waals surface area contributed by atoms with E-state index in [-0.39, 0.29) is 18.5 Å². The summed E-state index contributed by atoms with van der Waals surface area (Å²) in [5.74, 6) is 1.50. The van der Waals surface area contributed by atoms with E-state index in [2.05, 4.69) is 9.55 Å². The highest BCUT2D eigenvalue weighted by atomic mass is 32.2. The van der Waals surface area contributed by atoms with Crippen molar-refractivity contribution in [1.29, 1.82) is 0 Å².